The predicted molar refractivity (Wildman–Crippen MR) is 106 cm³/mol. The van der Waals surface area contributed by atoms with Crippen molar-refractivity contribution in [1.82, 2.24) is 4.98 Å². The highest BCUT2D eigenvalue weighted by atomic mass is 32.2. The van der Waals surface area contributed by atoms with Gasteiger partial charge in [-0.2, -0.15) is 26.3 Å². The average Bonchev–Trinajstić information content (AvgIpc) is 2.71. The minimum absolute atomic E-state index is 0.289. The van der Waals surface area contributed by atoms with Gasteiger partial charge >= 0.3 is 12.4 Å². The Labute approximate surface area is 174 Å². The van der Waals surface area contributed by atoms with Gasteiger partial charge in [0.05, 0.1) is 22.5 Å². The van der Waals surface area contributed by atoms with Gasteiger partial charge < -0.3 is 0 Å². The lowest BCUT2D eigenvalue weighted by Crippen LogP contribution is -2.05. The molecule has 1 heterocycles. The molecule has 1 aromatic heterocycles. The van der Waals surface area contributed by atoms with Crippen LogP contribution >= 0.6 is 11.8 Å². The van der Waals surface area contributed by atoms with Crippen molar-refractivity contribution < 1.29 is 26.3 Å². The van der Waals surface area contributed by atoms with E-state index in [1.54, 1.807) is 12.1 Å². The van der Waals surface area contributed by atoms with E-state index in [1.807, 2.05) is 6.92 Å². The summed E-state index contributed by atoms with van der Waals surface area (Å²) in [7, 11) is 0. The van der Waals surface area contributed by atoms with Gasteiger partial charge in [-0.15, -0.1) is 11.8 Å². The van der Waals surface area contributed by atoms with Crippen LogP contribution in [0.5, 0.6) is 0 Å². The summed E-state index contributed by atoms with van der Waals surface area (Å²) in [6, 6.07) is 12.8. The van der Waals surface area contributed by atoms with Crippen LogP contribution in [0.1, 0.15) is 24.5 Å². The maximum atomic E-state index is 13.1. The van der Waals surface area contributed by atoms with E-state index in [2.05, 4.69) is 4.98 Å². The molecule has 0 spiro atoms. The minimum atomic E-state index is -4.49. The molecule has 0 atom stereocenters. The number of nitrogens with zero attached hydrogens (tertiary/aromatic N) is 1. The van der Waals surface area contributed by atoms with Gasteiger partial charge in [-0.05, 0) is 48.6 Å². The second kappa shape index (κ2) is 8.71. The predicted octanol–water partition coefficient (Wildman–Crippen LogP) is 7.96. The van der Waals surface area contributed by atoms with Crippen molar-refractivity contribution in [3.05, 3.63) is 71.8 Å². The van der Waals surface area contributed by atoms with E-state index in [0.29, 0.717) is 17.0 Å². The molecule has 0 bridgehead atoms. The van der Waals surface area contributed by atoms with Gasteiger partial charge in [0, 0.05) is 16.0 Å². The van der Waals surface area contributed by atoms with Crippen LogP contribution in [0.15, 0.2) is 65.6 Å². The Balaban J connectivity index is 2.07. The molecular weight excluding hydrogens is 424 g/mol. The van der Waals surface area contributed by atoms with Gasteiger partial charge in [-0.3, -0.25) is 0 Å². The molecule has 30 heavy (non-hydrogen) atoms. The molecule has 3 aromatic rings. The van der Waals surface area contributed by atoms with Crippen molar-refractivity contribution in [3.8, 4) is 22.5 Å². The van der Waals surface area contributed by atoms with E-state index in [4.69, 9.17) is 0 Å². The summed E-state index contributed by atoms with van der Waals surface area (Å²) in [5, 5.41) is 0. The first-order valence-electron chi connectivity index (χ1n) is 9.08. The fraction of sp³-hybridized carbons (Fsp3) is 0.227. The average molecular weight is 441 g/mol. The van der Waals surface area contributed by atoms with Gasteiger partial charge in [0.15, 0.2) is 0 Å². The maximum absolute atomic E-state index is 13.1. The van der Waals surface area contributed by atoms with Gasteiger partial charge in [-0.25, -0.2) is 4.98 Å². The molecule has 8 heteroatoms. The van der Waals surface area contributed by atoms with Crippen LogP contribution in [0, 0.1) is 0 Å². The standard InChI is InChI=1S/C22H17F6NS/c1-2-10-30-18-12-19(14-6-8-16(9-7-14)21(23,24)25)29-20(13-18)15-4-3-5-17(11-15)22(26,27)28/h3-9,11-13H,2,10H2,1H3. The number of alkyl halides is 6. The number of thioether (sulfide) groups is 1. The third kappa shape index (κ3) is 5.36. The molecule has 0 saturated carbocycles. The highest BCUT2D eigenvalue weighted by Gasteiger charge is 2.31. The molecule has 0 N–H and O–H groups in total. The van der Waals surface area contributed by atoms with Gasteiger partial charge in [0.1, 0.15) is 0 Å². The Morgan fingerprint density at radius 3 is 1.90 bits per heavy atom. The van der Waals surface area contributed by atoms with Gasteiger partial charge in [-0.1, -0.05) is 31.2 Å². The largest absolute Gasteiger partial charge is 0.416 e. The molecule has 0 amide bonds. The highest BCUT2D eigenvalue weighted by Crippen LogP contribution is 2.35. The monoisotopic (exact) mass is 441 g/mol. The van der Waals surface area contributed by atoms with E-state index in [1.165, 1.54) is 36.0 Å². The number of halogens is 6. The third-order valence-corrected chi connectivity index (χ3v) is 5.45. The molecule has 0 aliphatic heterocycles. The highest BCUT2D eigenvalue weighted by molar-refractivity contribution is 7.99. The lowest BCUT2D eigenvalue weighted by molar-refractivity contribution is -0.138. The summed E-state index contributed by atoms with van der Waals surface area (Å²) in [4.78, 5) is 5.22. The van der Waals surface area contributed by atoms with E-state index in [0.717, 1.165) is 41.3 Å². The van der Waals surface area contributed by atoms with Gasteiger partial charge in [0.2, 0.25) is 0 Å². The first-order chi connectivity index (χ1) is 14.1. The molecule has 1 nitrogen and oxygen atoms in total. The van der Waals surface area contributed by atoms with E-state index >= 15 is 0 Å². The summed E-state index contributed by atoms with van der Waals surface area (Å²) in [5.74, 6) is 0.790. The van der Waals surface area contributed by atoms with Crippen LogP contribution in [0.2, 0.25) is 0 Å². The van der Waals surface area contributed by atoms with Crippen molar-refractivity contribution >= 4 is 11.8 Å². The molecule has 2 aromatic carbocycles. The molecule has 158 valence electrons. The van der Waals surface area contributed by atoms with E-state index in [9.17, 15) is 26.3 Å². The zero-order valence-corrected chi connectivity index (χ0v) is 16.6. The van der Waals surface area contributed by atoms with Crippen molar-refractivity contribution in [2.45, 2.75) is 30.6 Å². The van der Waals surface area contributed by atoms with Crippen LogP contribution in [0.3, 0.4) is 0 Å². The van der Waals surface area contributed by atoms with Crippen molar-refractivity contribution in [2.24, 2.45) is 0 Å². The second-order valence-electron chi connectivity index (χ2n) is 6.58. The summed E-state index contributed by atoms with van der Waals surface area (Å²) in [6.45, 7) is 2.00. The fourth-order valence-electron chi connectivity index (χ4n) is 2.79. The van der Waals surface area contributed by atoms with Crippen molar-refractivity contribution in [1.29, 1.82) is 0 Å². The quantitative estimate of drug-likeness (QED) is 0.294. The Morgan fingerprint density at radius 2 is 1.33 bits per heavy atom. The maximum Gasteiger partial charge on any atom is 0.416 e. The van der Waals surface area contributed by atoms with Crippen LogP contribution in [0.4, 0.5) is 26.3 Å². The topological polar surface area (TPSA) is 12.9 Å². The number of hydrogen-bond acceptors (Lipinski definition) is 2. The summed E-state index contributed by atoms with van der Waals surface area (Å²) in [5.41, 5.74) is -0.0909. The first kappa shape index (κ1) is 22.2. The number of rotatable bonds is 5. The molecule has 0 fully saturated rings. The zero-order valence-electron chi connectivity index (χ0n) is 15.8. The summed E-state index contributed by atoms with van der Waals surface area (Å²) in [6.07, 6.45) is -8.05. The van der Waals surface area contributed by atoms with Crippen LogP contribution in [-0.4, -0.2) is 10.7 Å². The Hall–Kier alpha value is -2.48. The molecule has 0 aliphatic rings. The minimum Gasteiger partial charge on any atom is -0.248 e. The lowest BCUT2D eigenvalue weighted by Gasteiger charge is -2.12. The van der Waals surface area contributed by atoms with Crippen molar-refractivity contribution in [2.75, 3.05) is 5.75 Å². The molecule has 3 rings (SSSR count). The van der Waals surface area contributed by atoms with Gasteiger partial charge in [0.25, 0.3) is 0 Å². The van der Waals surface area contributed by atoms with E-state index in [-0.39, 0.29) is 5.56 Å². The Kier molecular flexibility index (Phi) is 6.45. The van der Waals surface area contributed by atoms with Crippen molar-refractivity contribution in [3.63, 3.8) is 0 Å². The number of hydrogen-bond donors (Lipinski definition) is 0. The number of pyridine rings is 1. The summed E-state index contributed by atoms with van der Waals surface area (Å²) < 4.78 is 77.8. The SMILES string of the molecule is CCCSc1cc(-c2ccc(C(F)(F)F)cc2)nc(-c2cccc(C(F)(F)F)c2)c1. The van der Waals surface area contributed by atoms with Crippen LogP contribution in [0.25, 0.3) is 22.5 Å². The smallest absolute Gasteiger partial charge is 0.248 e. The molecule has 0 aliphatic carbocycles. The zero-order chi connectivity index (χ0) is 21.9. The second-order valence-corrected chi connectivity index (χ2v) is 7.74. The molecular formula is C22H17F6NS. The summed E-state index contributed by atoms with van der Waals surface area (Å²) >= 11 is 1.51. The molecule has 0 radical (unpaired) electrons. The lowest BCUT2D eigenvalue weighted by atomic mass is 10.0. The Bertz CT molecular complexity index is 1010. The Morgan fingerprint density at radius 1 is 0.733 bits per heavy atom. The molecule has 0 saturated heterocycles. The number of aromatic nitrogens is 1. The normalized spacial score (nSPS) is 12.2. The third-order valence-electron chi connectivity index (χ3n) is 4.27. The fourth-order valence-corrected chi connectivity index (χ4v) is 3.62. The number of benzene rings is 2. The van der Waals surface area contributed by atoms with E-state index < -0.39 is 23.5 Å². The van der Waals surface area contributed by atoms with Crippen LogP contribution in [-0.2, 0) is 12.4 Å². The first-order valence-corrected chi connectivity index (χ1v) is 10.1. The molecule has 0 unspecified atom stereocenters. The van der Waals surface area contributed by atoms with Crippen LogP contribution < -0.4 is 0 Å².